The van der Waals surface area contributed by atoms with Gasteiger partial charge in [0.2, 0.25) is 5.78 Å². The van der Waals surface area contributed by atoms with Crippen LogP contribution in [0.15, 0.2) is 18.2 Å². The van der Waals surface area contributed by atoms with Crippen LogP contribution in [-0.4, -0.2) is 75.0 Å². The topological polar surface area (TPSA) is 186 Å². The van der Waals surface area contributed by atoms with E-state index in [1.165, 1.54) is 25.3 Å². The van der Waals surface area contributed by atoms with Gasteiger partial charge in [-0.15, -0.1) is 0 Å². The van der Waals surface area contributed by atoms with Gasteiger partial charge in [0.25, 0.3) is 0 Å². The van der Waals surface area contributed by atoms with Crippen LogP contribution in [0.25, 0.3) is 0 Å². The molecule has 1 heterocycles. The van der Waals surface area contributed by atoms with Crippen molar-refractivity contribution in [1.29, 1.82) is 0 Å². The van der Waals surface area contributed by atoms with E-state index in [4.69, 9.17) is 19.9 Å². The van der Waals surface area contributed by atoms with E-state index < -0.39 is 82.6 Å². The molecule has 5 rings (SSSR count). The van der Waals surface area contributed by atoms with E-state index >= 15 is 0 Å². The number of ether oxygens (including phenoxy) is 3. The third kappa shape index (κ3) is 4.12. The third-order valence-electron chi connectivity index (χ3n) is 7.98. The molecule has 6 N–H and O–H groups in total. The third-order valence-corrected chi connectivity index (χ3v) is 7.98. The Hall–Kier alpha value is -3.35. The number of carbonyl (C=O) groups is 3. The summed E-state index contributed by atoms with van der Waals surface area (Å²) in [5.74, 6) is -3.07. The number of aromatic hydroxyl groups is 2. The molecule has 3 aliphatic rings. The first kappa shape index (κ1) is 27.2. The van der Waals surface area contributed by atoms with E-state index in [9.17, 15) is 34.8 Å². The molecule has 2 unspecified atom stereocenters. The van der Waals surface area contributed by atoms with Crippen LogP contribution in [0.1, 0.15) is 82.2 Å². The molecule has 2 aliphatic carbocycles. The molecule has 1 fully saturated rings. The number of phenols is 2. The molecule has 0 saturated carbocycles. The molecular formula is C28H31NO10. The zero-order valence-corrected chi connectivity index (χ0v) is 21.8. The Kier molecular flexibility index (Phi) is 6.76. The Bertz CT molecular complexity index is 1380. The number of hydrogen-bond donors (Lipinski definition) is 5. The van der Waals surface area contributed by atoms with Crippen molar-refractivity contribution in [2.45, 2.75) is 75.8 Å². The van der Waals surface area contributed by atoms with Crippen molar-refractivity contribution >= 4 is 17.3 Å². The SMILES string of the molecule is CCC(=O)[C@]1(O)Cc2c(O)c3c(c(O)c2[C@@H](O[C@@H]2CC(N)C(O)[C@H](C)O2)C1)C(=O)c1c(OC)cccc1C3=O. The molecule has 11 nitrogen and oxygen atoms in total. The van der Waals surface area contributed by atoms with Crippen LogP contribution in [0.3, 0.4) is 0 Å². The number of aliphatic hydroxyl groups is 2. The van der Waals surface area contributed by atoms with Gasteiger partial charge in [0, 0.05) is 48.4 Å². The van der Waals surface area contributed by atoms with Crippen molar-refractivity contribution in [1.82, 2.24) is 0 Å². The molecule has 0 amide bonds. The minimum Gasteiger partial charge on any atom is -0.507 e. The highest BCUT2D eigenvalue weighted by atomic mass is 16.7. The maximum absolute atomic E-state index is 13.7. The second-order valence-corrected chi connectivity index (χ2v) is 10.4. The molecule has 1 saturated heterocycles. The summed E-state index contributed by atoms with van der Waals surface area (Å²) in [6, 6.07) is 3.76. The van der Waals surface area contributed by atoms with Crippen molar-refractivity contribution < 1.29 is 49.0 Å². The summed E-state index contributed by atoms with van der Waals surface area (Å²) in [6.45, 7) is 3.19. The van der Waals surface area contributed by atoms with Crippen LogP contribution in [0, 0.1) is 0 Å². The lowest BCUT2D eigenvalue weighted by Crippen LogP contribution is -2.52. The Morgan fingerprint density at radius 3 is 2.49 bits per heavy atom. The predicted molar refractivity (Wildman–Crippen MR) is 135 cm³/mol. The van der Waals surface area contributed by atoms with Gasteiger partial charge < -0.3 is 40.4 Å². The molecule has 39 heavy (non-hydrogen) atoms. The summed E-state index contributed by atoms with van der Waals surface area (Å²) < 4.78 is 17.1. The van der Waals surface area contributed by atoms with Crippen molar-refractivity contribution in [3.63, 3.8) is 0 Å². The predicted octanol–water partition coefficient (Wildman–Crippen LogP) is 1.42. The molecule has 0 radical (unpaired) electrons. The number of fused-ring (bicyclic) bond motifs is 3. The summed E-state index contributed by atoms with van der Waals surface area (Å²) in [6.07, 6.45) is -4.53. The Morgan fingerprint density at radius 2 is 1.85 bits per heavy atom. The zero-order valence-electron chi connectivity index (χ0n) is 21.8. The molecule has 0 spiro atoms. The zero-order chi connectivity index (χ0) is 28.4. The summed E-state index contributed by atoms with van der Waals surface area (Å²) in [7, 11) is 1.34. The average molecular weight is 542 g/mol. The number of methoxy groups -OCH3 is 1. The fourth-order valence-corrected chi connectivity index (χ4v) is 5.93. The van der Waals surface area contributed by atoms with Gasteiger partial charge in [-0.05, 0) is 13.0 Å². The lowest BCUT2D eigenvalue weighted by molar-refractivity contribution is -0.247. The number of nitrogens with two attached hydrogens (primary N) is 1. The van der Waals surface area contributed by atoms with Crippen LogP contribution in [0.4, 0.5) is 0 Å². The molecule has 11 heteroatoms. The highest BCUT2D eigenvalue weighted by molar-refractivity contribution is 6.31. The number of rotatable bonds is 5. The largest absolute Gasteiger partial charge is 0.507 e. The first-order chi connectivity index (χ1) is 18.4. The Morgan fingerprint density at radius 1 is 1.15 bits per heavy atom. The molecule has 208 valence electrons. The second-order valence-electron chi connectivity index (χ2n) is 10.4. The van der Waals surface area contributed by atoms with E-state index in [2.05, 4.69) is 0 Å². The summed E-state index contributed by atoms with van der Waals surface area (Å²) in [5.41, 5.74) is 3.03. The average Bonchev–Trinajstić information content (AvgIpc) is 2.90. The van der Waals surface area contributed by atoms with Gasteiger partial charge in [-0.2, -0.15) is 0 Å². The minimum absolute atomic E-state index is 0.0119. The summed E-state index contributed by atoms with van der Waals surface area (Å²) in [4.78, 5) is 40.1. The van der Waals surface area contributed by atoms with Crippen molar-refractivity contribution in [3.8, 4) is 17.2 Å². The van der Waals surface area contributed by atoms with Crippen molar-refractivity contribution in [2.24, 2.45) is 5.73 Å². The van der Waals surface area contributed by atoms with E-state index in [0.717, 1.165) is 0 Å². The quantitative estimate of drug-likeness (QED) is 0.294. The number of carbonyl (C=O) groups excluding carboxylic acids is 3. The molecule has 2 aromatic carbocycles. The van der Waals surface area contributed by atoms with Gasteiger partial charge in [0.1, 0.15) is 22.8 Å². The van der Waals surface area contributed by atoms with E-state index in [1.807, 2.05) is 0 Å². The van der Waals surface area contributed by atoms with Crippen LogP contribution in [-0.2, 0) is 20.7 Å². The van der Waals surface area contributed by atoms with Gasteiger partial charge in [0.15, 0.2) is 17.9 Å². The fourth-order valence-electron chi connectivity index (χ4n) is 5.93. The maximum atomic E-state index is 13.7. The number of hydrogen-bond acceptors (Lipinski definition) is 11. The lowest BCUT2D eigenvalue weighted by atomic mass is 9.71. The van der Waals surface area contributed by atoms with E-state index in [-0.39, 0.29) is 47.3 Å². The number of benzene rings is 2. The monoisotopic (exact) mass is 541 g/mol. The number of Topliss-reactive ketones (excluding diaryl/α,β-unsaturated/α-hetero) is 1. The van der Waals surface area contributed by atoms with Gasteiger partial charge in [-0.25, -0.2) is 0 Å². The van der Waals surface area contributed by atoms with Gasteiger partial charge >= 0.3 is 0 Å². The first-order valence-corrected chi connectivity index (χ1v) is 12.8. The molecule has 6 atom stereocenters. The second kappa shape index (κ2) is 9.68. The van der Waals surface area contributed by atoms with Crippen LogP contribution >= 0.6 is 0 Å². The highest BCUT2D eigenvalue weighted by Crippen LogP contribution is 2.52. The molecule has 0 bridgehead atoms. The molecule has 1 aliphatic heterocycles. The van der Waals surface area contributed by atoms with Crippen molar-refractivity contribution in [2.75, 3.05) is 7.11 Å². The summed E-state index contributed by atoms with van der Waals surface area (Å²) in [5, 5.41) is 44.5. The van der Waals surface area contributed by atoms with Gasteiger partial charge in [-0.1, -0.05) is 19.1 Å². The standard InChI is InChI=1S/C28H31NO10/c1-4-17(30)28(36)9-13-20(16(10-28)39-18-8-14(29)23(31)11(2)38-18)27(35)22-21(25(13)33)24(32)12-6-5-7-15(37-3)19(12)26(22)34/h5-7,11,14,16,18,23,31,33,35-36H,4,8-10,29H2,1-3H3/t11-,14?,16-,18+,23?,28-/m0/s1. The molecule has 2 aromatic rings. The highest BCUT2D eigenvalue weighted by Gasteiger charge is 2.49. The van der Waals surface area contributed by atoms with Crippen LogP contribution < -0.4 is 10.5 Å². The van der Waals surface area contributed by atoms with E-state index in [0.29, 0.717) is 0 Å². The smallest absolute Gasteiger partial charge is 0.202 e. The minimum atomic E-state index is -1.99. The van der Waals surface area contributed by atoms with Gasteiger partial charge in [0.05, 0.1) is 42.1 Å². The van der Waals surface area contributed by atoms with Crippen molar-refractivity contribution in [3.05, 3.63) is 51.6 Å². The summed E-state index contributed by atoms with van der Waals surface area (Å²) >= 11 is 0. The van der Waals surface area contributed by atoms with E-state index in [1.54, 1.807) is 13.8 Å². The fraction of sp³-hybridized carbons (Fsp3) is 0.464. The maximum Gasteiger partial charge on any atom is 0.202 e. The Balaban J connectivity index is 1.69. The molecular weight excluding hydrogens is 510 g/mol. The normalized spacial score (nSPS) is 29.8. The lowest BCUT2D eigenvalue weighted by Gasteiger charge is -2.42. The number of aliphatic hydroxyl groups excluding tert-OH is 1. The van der Waals surface area contributed by atoms with Gasteiger partial charge in [-0.3, -0.25) is 14.4 Å². The number of ketones is 3. The van der Waals surface area contributed by atoms with Crippen LogP contribution in [0.5, 0.6) is 17.2 Å². The van der Waals surface area contributed by atoms with Crippen LogP contribution in [0.2, 0.25) is 0 Å². The number of phenolic OH excluding ortho intramolecular Hbond substituents is 2. The Labute approximate surface area is 224 Å². The first-order valence-electron chi connectivity index (χ1n) is 12.8. The molecule has 0 aromatic heterocycles.